The third-order valence-electron chi connectivity index (χ3n) is 9.24. The van der Waals surface area contributed by atoms with Crippen LogP contribution in [-0.2, 0) is 21.3 Å². The Kier molecular flexibility index (Phi) is 9.74. The Morgan fingerprint density at radius 1 is 0.583 bits per heavy atom. The average molecular weight is 599 g/mol. The molecule has 0 amide bonds. The predicted octanol–water partition coefficient (Wildman–Crippen LogP) is 3.26. The van der Waals surface area contributed by atoms with Crippen LogP contribution in [0, 0.1) is 11.8 Å². The molecule has 0 saturated heterocycles. The molecule has 0 N–H and O–H groups in total. The van der Waals surface area contributed by atoms with Gasteiger partial charge in [0, 0.05) is 0 Å². The molecule has 2 unspecified atom stereocenters. The SMILES string of the molecule is C[C](C)=[Zr+2]([CH]1C=C(C2CCCCC2)c2ccccc21)[CH]1C=C(C2CCCCC2)c2ccccc21.[Cl-].[Cl-]. The third kappa shape index (κ3) is 5.24. The van der Waals surface area contributed by atoms with Crippen LogP contribution in [0.2, 0.25) is 0 Å². The second-order valence-corrected chi connectivity index (χ2v) is 19.3. The van der Waals surface area contributed by atoms with Crippen molar-refractivity contribution in [2.45, 2.75) is 85.3 Å². The van der Waals surface area contributed by atoms with E-state index in [4.69, 9.17) is 0 Å². The fraction of sp³-hybridized carbons (Fsp3) is 0.485. The van der Waals surface area contributed by atoms with E-state index in [1.807, 2.05) is 0 Å². The number of allylic oxidation sites excluding steroid dienone is 4. The molecule has 190 valence electrons. The Balaban J connectivity index is 0.00000152. The van der Waals surface area contributed by atoms with Crippen LogP contribution >= 0.6 is 0 Å². The zero-order valence-electron chi connectivity index (χ0n) is 21.9. The molecule has 36 heavy (non-hydrogen) atoms. The van der Waals surface area contributed by atoms with Crippen molar-refractivity contribution in [2.24, 2.45) is 11.8 Å². The predicted molar refractivity (Wildman–Crippen MR) is 144 cm³/mol. The van der Waals surface area contributed by atoms with Crippen LogP contribution in [0.1, 0.15) is 108 Å². The second-order valence-electron chi connectivity index (χ2n) is 11.5. The fourth-order valence-corrected chi connectivity index (χ4v) is 16.3. The van der Waals surface area contributed by atoms with Gasteiger partial charge in [-0.1, -0.05) is 0 Å². The fourth-order valence-electron chi connectivity index (χ4n) is 7.65. The Bertz CT molecular complexity index is 1070. The molecule has 2 aromatic carbocycles. The Morgan fingerprint density at radius 2 is 0.972 bits per heavy atom. The van der Waals surface area contributed by atoms with Crippen molar-refractivity contribution in [3.8, 4) is 0 Å². The molecule has 0 heterocycles. The zero-order valence-corrected chi connectivity index (χ0v) is 25.9. The third-order valence-corrected chi connectivity index (χ3v) is 17.7. The van der Waals surface area contributed by atoms with Gasteiger partial charge in [-0.2, -0.15) is 0 Å². The number of rotatable bonds is 4. The van der Waals surface area contributed by atoms with E-state index in [9.17, 15) is 0 Å². The number of fused-ring (bicyclic) bond motifs is 2. The molecule has 0 bridgehead atoms. The van der Waals surface area contributed by atoms with Gasteiger partial charge in [0.25, 0.3) is 0 Å². The molecule has 2 saturated carbocycles. The minimum absolute atomic E-state index is 0. The van der Waals surface area contributed by atoms with Crippen molar-refractivity contribution < 1.29 is 46.1 Å². The van der Waals surface area contributed by atoms with E-state index in [-0.39, 0.29) is 24.8 Å². The van der Waals surface area contributed by atoms with Gasteiger partial charge in [-0.25, -0.2) is 0 Å². The first-order chi connectivity index (χ1) is 16.7. The van der Waals surface area contributed by atoms with Crippen molar-refractivity contribution in [3.63, 3.8) is 0 Å². The van der Waals surface area contributed by atoms with E-state index in [1.165, 1.54) is 64.2 Å². The van der Waals surface area contributed by atoms with Crippen LogP contribution in [0.4, 0.5) is 0 Å². The van der Waals surface area contributed by atoms with Gasteiger partial charge in [-0.3, -0.25) is 0 Å². The first-order valence-electron chi connectivity index (χ1n) is 14.0. The summed E-state index contributed by atoms with van der Waals surface area (Å²) in [5.74, 6) is 1.59. The molecule has 0 spiro atoms. The van der Waals surface area contributed by atoms with Gasteiger partial charge < -0.3 is 24.8 Å². The Labute approximate surface area is 239 Å². The number of benzene rings is 2. The molecular weight excluding hydrogens is 558 g/mol. The largest absolute Gasteiger partial charge is 1.00 e. The second kappa shape index (κ2) is 12.4. The Morgan fingerprint density at radius 3 is 1.36 bits per heavy atom. The van der Waals surface area contributed by atoms with Gasteiger partial charge in [0.2, 0.25) is 0 Å². The van der Waals surface area contributed by atoms with Crippen molar-refractivity contribution in [2.75, 3.05) is 0 Å². The van der Waals surface area contributed by atoms with Crippen LogP contribution in [0.3, 0.4) is 0 Å². The molecule has 0 nitrogen and oxygen atoms in total. The molecule has 0 radical (unpaired) electrons. The Hall–Kier alpha value is -0.747. The summed E-state index contributed by atoms with van der Waals surface area (Å²) in [6.07, 6.45) is 19.8. The van der Waals surface area contributed by atoms with Gasteiger partial charge >= 0.3 is 216 Å². The molecule has 4 aliphatic carbocycles. The first kappa shape index (κ1) is 28.3. The topological polar surface area (TPSA) is 0 Å². The number of halogens is 2. The summed E-state index contributed by atoms with van der Waals surface area (Å²) in [6, 6.07) is 19.1. The quantitative estimate of drug-likeness (QED) is 0.507. The number of hydrogen-bond donors (Lipinski definition) is 0. The summed E-state index contributed by atoms with van der Waals surface area (Å²) in [5, 5.41) is 0. The van der Waals surface area contributed by atoms with Gasteiger partial charge in [0.15, 0.2) is 0 Å². The van der Waals surface area contributed by atoms with E-state index in [1.54, 1.807) is 36.6 Å². The average Bonchev–Trinajstić information content (AvgIpc) is 3.45. The smallest absolute Gasteiger partial charge is 1.00 e. The molecular formula is C33H40Cl2Zr. The van der Waals surface area contributed by atoms with E-state index >= 15 is 0 Å². The summed E-state index contributed by atoms with van der Waals surface area (Å²) in [7, 11) is 0. The maximum atomic E-state index is 2.82. The minimum Gasteiger partial charge on any atom is -1.00 e. The van der Waals surface area contributed by atoms with Crippen LogP contribution < -0.4 is 24.8 Å². The van der Waals surface area contributed by atoms with E-state index < -0.39 is 21.3 Å². The maximum Gasteiger partial charge on any atom is -1.00 e. The van der Waals surface area contributed by atoms with Crippen molar-refractivity contribution in [1.82, 2.24) is 0 Å². The molecule has 0 aliphatic heterocycles. The summed E-state index contributed by atoms with van der Waals surface area (Å²) in [6.45, 7) is 4.97. The molecule has 3 heteroatoms. The standard InChI is InChI=1S/2C15H17.C3H6.2ClH.Zr/c2*1-2-6-12(7-3-1)15-11-10-13-8-4-5-9-14(13)15;1-3-2;;;/h2*4-5,8-12H,1-3,6-7H2;1-2H3;2*1H;/q;;;;;+2/p-2. The normalized spacial score (nSPS) is 23.2. The van der Waals surface area contributed by atoms with Crippen molar-refractivity contribution in [1.29, 1.82) is 0 Å². The maximum absolute atomic E-state index is 2.82. The molecule has 2 aromatic rings. The monoisotopic (exact) mass is 596 g/mol. The molecule has 0 aromatic heterocycles. The van der Waals surface area contributed by atoms with Gasteiger partial charge in [0.05, 0.1) is 0 Å². The molecule has 4 aliphatic rings. The molecule has 6 rings (SSSR count). The molecule has 2 fully saturated rings. The van der Waals surface area contributed by atoms with Crippen LogP contribution in [0.15, 0.2) is 60.7 Å². The first-order valence-corrected chi connectivity index (χ1v) is 18.1. The summed E-state index contributed by atoms with van der Waals surface area (Å²) in [4.78, 5) is 0. The summed E-state index contributed by atoms with van der Waals surface area (Å²) in [5.41, 5.74) is 10.0. The minimum atomic E-state index is -2.07. The van der Waals surface area contributed by atoms with Crippen molar-refractivity contribution in [3.05, 3.63) is 82.9 Å². The van der Waals surface area contributed by atoms with Crippen molar-refractivity contribution >= 4 is 14.4 Å². The van der Waals surface area contributed by atoms with E-state index in [0.717, 1.165) is 11.8 Å². The van der Waals surface area contributed by atoms with Crippen LogP contribution in [-0.4, -0.2) is 3.21 Å². The number of hydrogen-bond acceptors (Lipinski definition) is 0. The van der Waals surface area contributed by atoms with E-state index in [2.05, 4.69) is 74.5 Å². The van der Waals surface area contributed by atoms with Crippen LogP contribution in [0.25, 0.3) is 11.1 Å². The van der Waals surface area contributed by atoms with Crippen LogP contribution in [0.5, 0.6) is 0 Å². The van der Waals surface area contributed by atoms with Gasteiger partial charge in [-0.05, 0) is 0 Å². The van der Waals surface area contributed by atoms with E-state index in [0.29, 0.717) is 7.25 Å². The zero-order chi connectivity index (χ0) is 23.1. The summed E-state index contributed by atoms with van der Waals surface area (Å²) < 4.78 is 3.17. The molecule has 2 atom stereocenters. The van der Waals surface area contributed by atoms with Gasteiger partial charge in [-0.15, -0.1) is 0 Å². The van der Waals surface area contributed by atoms with Gasteiger partial charge in [0.1, 0.15) is 0 Å². The summed E-state index contributed by atoms with van der Waals surface area (Å²) >= 11 is -2.07.